The average Bonchev–Trinajstić information content (AvgIpc) is 2.38. The van der Waals surface area contributed by atoms with Crippen molar-refractivity contribution in [2.24, 2.45) is 5.92 Å². The van der Waals surface area contributed by atoms with Gasteiger partial charge in [0.15, 0.2) is 0 Å². The van der Waals surface area contributed by atoms with Crippen molar-refractivity contribution in [3.8, 4) is 5.75 Å². The molecular weight excluding hydrogens is 258 g/mol. The minimum atomic E-state index is 0.217. The maximum absolute atomic E-state index is 11.9. The summed E-state index contributed by atoms with van der Waals surface area (Å²) in [6.45, 7) is 5.07. The van der Waals surface area contributed by atoms with Gasteiger partial charge in [0.2, 0.25) is 5.91 Å². The van der Waals surface area contributed by atoms with E-state index in [1.165, 1.54) is 4.90 Å². The second-order valence-corrected chi connectivity index (χ2v) is 6.11. The minimum absolute atomic E-state index is 0.217. The van der Waals surface area contributed by atoms with Gasteiger partial charge in [-0.1, -0.05) is 13.8 Å². The summed E-state index contributed by atoms with van der Waals surface area (Å²) in [5.74, 6) is 2.41. The van der Waals surface area contributed by atoms with Gasteiger partial charge in [0, 0.05) is 30.7 Å². The van der Waals surface area contributed by atoms with E-state index in [1.807, 2.05) is 36.2 Å². The van der Waals surface area contributed by atoms with Gasteiger partial charge in [-0.25, -0.2) is 0 Å². The Labute approximate surface area is 120 Å². The van der Waals surface area contributed by atoms with Crippen LogP contribution in [0.15, 0.2) is 29.2 Å². The van der Waals surface area contributed by atoms with Gasteiger partial charge in [0.05, 0.1) is 7.11 Å². The second-order valence-electron chi connectivity index (χ2n) is 4.94. The highest BCUT2D eigenvalue weighted by Gasteiger charge is 2.09. The van der Waals surface area contributed by atoms with Gasteiger partial charge < -0.3 is 9.64 Å². The van der Waals surface area contributed by atoms with Crippen molar-refractivity contribution in [3.63, 3.8) is 0 Å². The Morgan fingerprint density at radius 2 is 1.95 bits per heavy atom. The van der Waals surface area contributed by atoms with Crippen LogP contribution in [0.3, 0.4) is 0 Å². The van der Waals surface area contributed by atoms with Crippen molar-refractivity contribution >= 4 is 17.7 Å². The lowest BCUT2D eigenvalue weighted by Crippen LogP contribution is -2.30. The molecule has 1 aromatic carbocycles. The molecule has 1 rings (SSSR count). The molecule has 0 radical (unpaired) electrons. The number of ether oxygens (including phenoxy) is 1. The molecule has 0 N–H and O–H groups in total. The SMILES string of the molecule is COc1ccc(SCCC(=O)N(C)CC(C)C)cc1. The molecule has 1 amide bonds. The summed E-state index contributed by atoms with van der Waals surface area (Å²) < 4.78 is 5.11. The average molecular weight is 281 g/mol. The Morgan fingerprint density at radius 1 is 1.32 bits per heavy atom. The van der Waals surface area contributed by atoms with Crippen molar-refractivity contribution in [2.75, 3.05) is 26.5 Å². The molecule has 0 fully saturated rings. The van der Waals surface area contributed by atoms with E-state index >= 15 is 0 Å². The lowest BCUT2D eigenvalue weighted by atomic mass is 10.2. The molecule has 0 bridgehead atoms. The molecule has 0 aliphatic rings. The molecule has 0 spiro atoms. The predicted molar refractivity (Wildman–Crippen MR) is 80.8 cm³/mol. The highest BCUT2D eigenvalue weighted by molar-refractivity contribution is 7.99. The van der Waals surface area contributed by atoms with Crippen LogP contribution in [0, 0.1) is 5.92 Å². The van der Waals surface area contributed by atoms with Crippen molar-refractivity contribution in [2.45, 2.75) is 25.2 Å². The molecular formula is C15H23NO2S. The fraction of sp³-hybridized carbons (Fsp3) is 0.533. The molecule has 0 aliphatic heterocycles. The first kappa shape index (κ1) is 15.9. The van der Waals surface area contributed by atoms with Crippen LogP contribution in [0.25, 0.3) is 0 Å². The summed E-state index contributed by atoms with van der Waals surface area (Å²) >= 11 is 1.70. The molecule has 0 unspecified atom stereocenters. The molecule has 0 saturated carbocycles. The van der Waals surface area contributed by atoms with Gasteiger partial charge in [0.25, 0.3) is 0 Å². The van der Waals surface area contributed by atoms with Gasteiger partial charge in [-0.3, -0.25) is 4.79 Å². The molecule has 0 heterocycles. The Bertz CT molecular complexity index is 390. The van der Waals surface area contributed by atoms with E-state index in [0.29, 0.717) is 12.3 Å². The summed E-state index contributed by atoms with van der Waals surface area (Å²) in [6.07, 6.45) is 0.583. The minimum Gasteiger partial charge on any atom is -0.497 e. The second kappa shape index (κ2) is 8.10. The summed E-state index contributed by atoms with van der Waals surface area (Å²) in [4.78, 5) is 14.8. The van der Waals surface area contributed by atoms with Crippen molar-refractivity contribution in [1.82, 2.24) is 4.90 Å². The van der Waals surface area contributed by atoms with Gasteiger partial charge in [-0.15, -0.1) is 11.8 Å². The van der Waals surface area contributed by atoms with Crippen LogP contribution in [0.5, 0.6) is 5.75 Å². The number of carbonyl (C=O) groups is 1. The zero-order valence-corrected chi connectivity index (χ0v) is 13.0. The first-order valence-corrected chi connectivity index (χ1v) is 7.52. The summed E-state index contributed by atoms with van der Waals surface area (Å²) in [5.41, 5.74) is 0. The molecule has 1 aromatic rings. The van der Waals surface area contributed by atoms with Crippen LogP contribution in [-0.2, 0) is 4.79 Å². The van der Waals surface area contributed by atoms with E-state index in [9.17, 15) is 4.79 Å². The molecule has 3 nitrogen and oxygen atoms in total. The molecule has 106 valence electrons. The molecule has 0 aliphatic carbocycles. The summed E-state index contributed by atoms with van der Waals surface area (Å²) in [7, 11) is 3.53. The number of thioether (sulfide) groups is 1. The third kappa shape index (κ3) is 6.01. The van der Waals surface area contributed by atoms with E-state index in [1.54, 1.807) is 18.9 Å². The van der Waals surface area contributed by atoms with Gasteiger partial charge >= 0.3 is 0 Å². The van der Waals surface area contributed by atoms with Crippen molar-refractivity contribution in [3.05, 3.63) is 24.3 Å². The van der Waals surface area contributed by atoms with Crippen molar-refractivity contribution < 1.29 is 9.53 Å². The van der Waals surface area contributed by atoms with E-state index in [2.05, 4.69) is 13.8 Å². The van der Waals surface area contributed by atoms with E-state index in [0.717, 1.165) is 18.0 Å². The van der Waals surface area contributed by atoms with Crippen LogP contribution in [0.1, 0.15) is 20.3 Å². The van der Waals surface area contributed by atoms with E-state index in [-0.39, 0.29) is 5.91 Å². The predicted octanol–water partition coefficient (Wildman–Crippen LogP) is 3.29. The zero-order chi connectivity index (χ0) is 14.3. The van der Waals surface area contributed by atoms with Crippen LogP contribution in [0.2, 0.25) is 0 Å². The Hall–Kier alpha value is -1.16. The first-order valence-electron chi connectivity index (χ1n) is 6.53. The number of methoxy groups -OCH3 is 1. The van der Waals surface area contributed by atoms with Crippen molar-refractivity contribution in [1.29, 1.82) is 0 Å². The van der Waals surface area contributed by atoms with Gasteiger partial charge in [0.1, 0.15) is 5.75 Å². The lowest BCUT2D eigenvalue weighted by Gasteiger charge is -2.19. The monoisotopic (exact) mass is 281 g/mol. The number of rotatable bonds is 7. The molecule has 0 aromatic heterocycles. The highest BCUT2D eigenvalue weighted by Crippen LogP contribution is 2.22. The quantitative estimate of drug-likeness (QED) is 0.718. The molecule has 19 heavy (non-hydrogen) atoms. The lowest BCUT2D eigenvalue weighted by molar-refractivity contribution is -0.129. The van der Waals surface area contributed by atoms with Crippen LogP contribution in [0.4, 0.5) is 0 Å². The third-order valence-electron chi connectivity index (χ3n) is 2.71. The van der Waals surface area contributed by atoms with Crippen LogP contribution < -0.4 is 4.74 Å². The standard InChI is InChI=1S/C15H23NO2S/c1-12(2)11-16(3)15(17)9-10-19-14-7-5-13(18-4)6-8-14/h5-8,12H,9-11H2,1-4H3. The largest absolute Gasteiger partial charge is 0.497 e. The van der Waals surface area contributed by atoms with Crippen LogP contribution >= 0.6 is 11.8 Å². The summed E-state index contributed by atoms with van der Waals surface area (Å²) in [5, 5.41) is 0. The van der Waals surface area contributed by atoms with E-state index < -0.39 is 0 Å². The number of nitrogens with zero attached hydrogens (tertiary/aromatic N) is 1. The fourth-order valence-electron chi connectivity index (χ4n) is 1.77. The number of hydrogen-bond donors (Lipinski definition) is 0. The Balaban J connectivity index is 2.31. The van der Waals surface area contributed by atoms with Crippen LogP contribution in [-0.4, -0.2) is 37.3 Å². The zero-order valence-electron chi connectivity index (χ0n) is 12.2. The number of benzene rings is 1. The maximum atomic E-state index is 11.9. The fourth-order valence-corrected chi connectivity index (χ4v) is 2.61. The molecule has 4 heteroatoms. The number of hydrogen-bond acceptors (Lipinski definition) is 3. The normalized spacial score (nSPS) is 10.6. The smallest absolute Gasteiger partial charge is 0.223 e. The van der Waals surface area contributed by atoms with E-state index in [4.69, 9.17) is 4.74 Å². The molecule has 0 atom stereocenters. The Kier molecular flexibility index (Phi) is 6.78. The number of amides is 1. The number of carbonyl (C=O) groups excluding carboxylic acids is 1. The topological polar surface area (TPSA) is 29.5 Å². The first-order chi connectivity index (χ1) is 9.02. The molecule has 0 saturated heterocycles. The summed E-state index contributed by atoms with van der Waals surface area (Å²) in [6, 6.07) is 7.92. The van der Waals surface area contributed by atoms with Gasteiger partial charge in [-0.2, -0.15) is 0 Å². The maximum Gasteiger partial charge on any atom is 0.223 e. The highest BCUT2D eigenvalue weighted by atomic mass is 32.2. The van der Waals surface area contributed by atoms with Gasteiger partial charge in [-0.05, 0) is 30.2 Å². The third-order valence-corrected chi connectivity index (χ3v) is 3.72. The Morgan fingerprint density at radius 3 is 2.47 bits per heavy atom.